The smallest absolute Gasteiger partial charge is 0.0413 e. The molecule has 2 nitrogen and oxygen atoms in total. The van der Waals surface area contributed by atoms with Crippen molar-refractivity contribution in [3.63, 3.8) is 0 Å². The molecule has 0 bridgehead atoms. The molecule has 0 radical (unpaired) electrons. The van der Waals surface area contributed by atoms with Gasteiger partial charge in [0.05, 0.1) is 0 Å². The lowest BCUT2D eigenvalue weighted by molar-refractivity contribution is 0.509. The van der Waals surface area contributed by atoms with E-state index in [1.54, 1.807) is 0 Å². The second-order valence-corrected chi connectivity index (χ2v) is 4.58. The van der Waals surface area contributed by atoms with E-state index in [1.807, 2.05) is 19.3 Å². The van der Waals surface area contributed by atoms with Gasteiger partial charge in [-0.15, -0.1) is 0 Å². The highest BCUT2D eigenvalue weighted by atomic mass is 79.9. The van der Waals surface area contributed by atoms with Gasteiger partial charge in [0, 0.05) is 16.4 Å². The summed E-state index contributed by atoms with van der Waals surface area (Å²) in [7, 11) is 1.99. The Labute approximate surface area is 94.3 Å². The number of nitrogens with zero attached hydrogens (tertiary/aromatic N) is 1. The normalized spacial score (nSPS) is 12.8. The van der Waals surface area contributed by atoms with Crippen molar-refractivity contribution in [3.8, 4) is 0 Å². The standard InChI is InChI=1S/C11H17BrN2/c1-9(5-6-13-2)7-11-4-3-10(12)8-14-11/h3-4,8-9,13H,5-7H2,1-2H3. The van der Waals surface area contributed by atoms with E-state index in [1.165, 1.54) is 12.1 Å². The number of rotatable bonds is 5. The van der Waals surface area contributed by atoms with E-state index in [-0.39, 0.29) is 0 Å². The third-order valence-corrected chi connectivity index (χ3v) is 2.70. The molecule has 78 valence electrons. The molecular formula is C11H17BrN2. The number of hydrogen-bond donors (Lipinski definition) is 1. The highest BCUT2D eigenvalue weighted by Crippen LogP contribution is 2.12. The molecule has 0 amide bonds. The molecule has 1 N–H and O–H groups in total. The molecule has 1 aromatic rings. The molecule has 1 rings (SSSR count). The number of hydrogen-bond acceptors (Lipinski definition) is 2. The average molecular weight is 257 g/mol. The van der Waals surface area contributed by atoms with Crippen LogP contribution in [0.2, 0.25) is 0 Å². The van der Waals surface area contributed by atoms with Gasteiger partial charge >= 0.3 is 0 Å². The maximum atomic E-state index is 4.36. The summed E-state index contributed by atoms with van der Waals surface area (Å²) >= 11 is 3.38. The van der Waals surface area contributed by atoms with Gasteiger partial charge in [-0.25, -0.2) is 0 Å². The zero-order valence-electron chi connectivity index (χ0n) is 8.76. The molecular weight excluding hydrogens is 240 g/mol. The summed E-state index contributed by atoms with van der Waals surface area (Å²) in [6, 6.07) is 4.13. The predicted molar refractivity (Wildman–Crippen MR) is 63.3 cm³/mol. The van der Waals surface area contributed by atoms with Gasteiger partial charge in [-0.3, -0.25) is 4.98 Å². The Morgan fingerprint density at radius 2 is 2.29 bits per heavy atom. The summed E-state index contributed by atoms with van der Waals surface area (Å²) in [6.07, 6.45) is 4.13. The lowest BCUT2D eigenvalue weighted by Gasteiger charge is -2.09. The van der Waals surface area contributed by atoms with Crippen LogP contribution >= 0.6 is 15.9 Å². The third-order valence-electron chi connectivity index (χ3n) is 2.23. The number of nitrogens with one attached hydrogen (secondary N) is 1. The van der Waals surface area contributed by atoms with Crippen molar-refractivity contribution in [1.82, 2.24) is 10.3 Å². The molecule has 0 fully saturated rings. The van der Waals surface area contributed by atoms with Crippen molar-refractivity contribution >= 4 is 15.9 Å². The largest absolute Gasteiger partial charge is 0.320 e. The fourth-order valence-electron chi connectivity index (χ4n) is 1.38. The number of pyridine rings is 1. The van der Waals surface area contributed by atoms with E-state index in [2.05, 4.69) is 39.2 Å². The second-order valence-electron chi connectivity index (χ2n) is 3.67. The molecule has 3 heteroatoms. The van der Waals surface area contributed by atoms with E-state index in [0.29, 0.717) is 5.92 Å². The molecule has 1 unspecified atom stereocenters. The minimum Gasteiger partial charge on any atom is -0.320 e. The average Bonchev–Trinajstić information content (AvgIpc) is 2.18. The van der Waals surface area contributed by atoms with Crippen LogP contribution < -0.4 is 5.32 Å². The first-order valence-electron chi connectivity index (χ1n) is 4.97. The van der Waals surface area contributed by atoms with Crippen LogP contribution in [0, 0.1) is 5.92 Å². The van der Waals surface area contributed by atoms with Gasteiger partial charge in [0.15, 0.2) is 0 Å². The molecule has 0 aromatic carbocycles. The molecule has 1 heterocycles. The lowest BCUT2D eigenvalue weighted by Crippen LogP contribution is -2.13. The second kappa shape index (κ2) is 6.14. The summed E-state index contributed by atoms with van der Waals surface area (Å²) in [5.74, 6) is 0.691. The van der Waals surface area contributed by atoms with Gasteiger partial charge in [-0.1, -0.05) is 6.92 Å². The van der Waals surface area contributed by atoms with Gasteiger partial charge < -0.3 is 5.32 Å². The number of aromatic nitrogens is 1. The van der Waals surface area contributed by atoms with Crippen molar-refractivity contribution in [2.24, 2.45) is 5.92 Å². The fraction of sp³-hybridized carbons (Fsp3) is 0.545. The van der Waals surface area contributed by atoms with E-state index in [4.69, 9.17) is 0 Å². The van der Waals surface area contributed by atoms with Crippen LogP contribution in [-0.2, 0) is 6.42 Å². The van der Waals surface area contributed by atoms with E-state index in [0.717, 1.165) is 17.4 Å². The third kappa shape index (κ3) is 4.20. The van der Waals surface area contributed by atoms with Gasteiger partial charge in [-0.2, -0.15) is 0 Å². The van der Waals surface area contributed by atoms with E-state index >= 15 is 0 Å². The minimum absolute atomic E-state index is 0.691. The lowest BCUT2D eigenvalue weighted by atomic mass is 10.0. The molecule has 0 aliphatic rings. The first-order chi connectivity index (χ1) is 6.72. The van der Waals surface area contributed by atoms with Crippen molar-refractivity contribution in [2.75, 3.05) is 13.6 Å². The van der Waals surface area contributed by atoms with Crippen molar-refractivity contribution in [1.29, 1.82) is 0 Å². The van der Waals surface area contributed by atoms with Crippen LogP contribution in [0.15, 0.2) is 22.8 Å². The Kier molecular flexibility index (Phi) is 5.12. The van der Waals surface area contributed by atoms with Crippen LogP contribution in [0.3, 0.4) is 0 Å². The first-order valence-corrected chi connectivity index (χ1v) is 5.76. The minimum atomic E-state index is 0.691. The molecule has 0 aliphatic heterocycles. The Bertz CT molecular complexity index is 258. The van der Waals surface area contributed by atoms with Gasteiger partial charge in [0.2, 0.25) is 0 Å². The van der Waals surface area contributed by atoms with Crippen LogP contribution in [0.1, 0.15) is 19.0 Å². The quantitative estimate of drug-likeness (QED) is 0.877. The predicted octanol–water partition coefficient (Wildman–Crippen LogP) is 2.63. The maximum Gasteiger partial charge on any atom is 0.0413 e. The Morgan fingerprint density at radius 1 is 1.50 bits per heavy atom. The van der Waals surface area contributed by atoms with Gasteiger partial charge in [0.1, 0.15) is 0 Å². The Balaban J connectivity index is 2.39. The molecule has 0 aliphatic carbocycles. The molecule has 0 saturated heterocycles. The fourth-order valence-corrected chi connectivity index (χ4v) is 1.61. The monoisotopic (exact) mass is 256 g/mol. The topological polar surface area (TPSA) is 24.9 Å². The zero-order valence-corrected chi connectivity index (χ0v) is 10.3. The first kappa shape index (κ1) is 11.7. The summed E-state index contributed by atoms with van der Waals surface area (Å²) in [5, 5.41) is 3.17. The van der Waals surface area contributed by atoms with Crippen molar-refractivity contribution < 1.29 is 0 Å². The van der Waals surface area contributed by atoms with Crippen molar-refractivity contribution in [3.05, 3.63) is 28.5 Å². The molecule has 1 aromatic heterocycles. The Hall–Kier alpha value is -0.410. The molecule has 14 heavy (non-hydrogen) atoms. The zero-order chi connectivity index (χ0) is 10.4. The highest BCUT2D eigenvalue weighted by molar-refractivity contribution is 9.10. The van der Waals surface area contributed by atoms with E-state index in [9.17, 15) is 0 Å². The molecule has 0 spiro atoms. The number of halogens is 1. The molecule has 1 atom stereocenters. The van der Waals surface area contributed by atoms with Crippen LogP contribution in [0.25, 0.3) is 0 Å². The molecule has 0 saturated carbocycles. The summed E-state index contributed by atoms with van der Waals surface area (Å²) in [6.45, 7) is 3.35. The van der Waals surface area contributed by atoms with Gasteiger partial charge in [0.25, 0.3) is 0 Å². The summed E-state index contributed by atoms with van der Waals surface area (Å²) < 4.78 is 1.05. The van der Waals surface area contributed by atoms with Crippen LogP contribution in [-0.4, -0.2) is 18.6 Å². The SMILES string of the molecule is CNCCC(C)Cc1ccc(Br)cn1. The summed E-state index contributed by atoms with van der Waals surface area (Å²) in [4.78, 5) is 4.36. The van der Waals surface area contributed by atoms with E-state index < -0.39 is 0 Å². The van der Waals surface area contributed by atoms with Crippen molar-refractivity contribution in [2.45, 2.75) is 19.8 Å². The summed E-state index contributed by atoms with van der Waals surface area (Å²) in [5.41, 5.74) is 1.18. The van der Waals surface area contributed by atoms with Crippen LogP contribution in [0.4, 0.5) is 0 Å². The highest BCUT2D eigenvalue weighted by Gasteiger charge is 2.03. The Morgan fingerprint density at radius 3 is 2.86 bits per heavy atom. The maximum absolute atomic E-state index is 4.36. The van der Waals surface area contributed by atoms with Crippen LogP contribution in [0.5, 0.6) is 0 Å². The van der Waals surface area contributed by atoms with Gasteiger partial charge in [-0.05, 0) is 60.4 Å².